The van der Waals surface area contributed by atoms with Gasteiger partial charge in [0.2, 0.25) is 15.6 Å². The molecule has 1 aromatic carbocycles. The molecule has 1 amide bonds. The molecule has 0 fully saturated rings. The van der Waals surface area contributed by atoms with Gasteiger partial charge < -0.3 is 19.5 Å². The number of amides is 1. The molecule has 0 saturated heterocycles. The summed E-state index contributed by atoms with van der Waals surface area (Å²) in [6, 6.07) is 8.93. The quantitative estimate of drug-likeness (QED) is 0.337. The van der Waals surface area contributed by atoms with E-state index in [2.05, 4.69) is 15.3 Å². The van der Waals surface area contributed by atoms with Crippen molar-refractivity contribution in [3.63, 3.8) is 0 Å². The Hall–Kier alpha value is -4.53. The van der Waals surface area contributed by atoms with Gasteiger partial charge in [-0.15, -0.1) is 0 Å². The van der Waals surface area contributed by atoms with E-state index >= 15 is 0 Å². The van der Waals surface area contributed by atoms with E-state index in [9.17, 15) is 36.0 Å². The predicted octanol–water partition coefficient (Wildman–Crippen LogP) is 3.69. The highest BCUT2D eigenvalue weighted by molar-refractivity contribution is 7.91. The second-order valence-corrected chi connectivity index (χ2v) is 10.9. The van der Waals surface area contributed by atoms with Crippen molar-refractivity contribution in [1.29, 1.82) is 0 Å². The van der Waals surface area contributed by atoms with Crippen molar-refractivity contribution in [3.05, 3.63) is 77.7 Å². The van der Waals surface area contributed by atoms with Gasteiger partial charge in [0, 0.05) is 25.4 Å². The number of aromatic nitrogens is 2. The van der Waals surface area contributed by atoms with E-state index in [0.717, 1.165) is 13.0 Å². The molecule has 0 aliphatic heterocycles. The second-order valence-electron chi connectivity index (χ2n) is 8.88. The van der Waals surface area contributed by atoms with Crippen molar-refractivity contribution in [2.45, 2.75) is 49.4 Å². The standard InChI is InChI=1S/C27H26F3N3O8S/c1-15(33-25(35)22-23(41-17(3)34)20(39-4)12-13-31-22)26(36)40-16(2)24(18-8-6-5-7-9-18)42(37,38)21-11-10-19(14-32-21)27(28,29)30/h5-16,24H,1-4H3,(H,33,35)/t15-,16-,24-/m0/s1. The first-order valence-electron chi connectivity index (χ1n) is 12.2. The van der Waals surface area contributed by atoms with Crippen LogP contribution < -0.4 is 14.8 Å². The van der Waals surface area contributed by atoms with Crippen LogP contribution in [0.5, 0.6) is 11.5 Å². The van der Waals surface area contributed by atoms with Gasteiger partial charge in [0.1, 0.15) is 17.4 Å². The van der Waals surface area contributed by atoms with Crippen LogP contribution in [0, 0.1) is 0 Å². The number of benzene rings is 1. The Balaban J connectivity index is 1.85. The summed E-state index contributed by atoms with van der Waals surface area (Å²) in [5.41, 5.74) is -1.32. The summed E-state index contributed by atoms with van der Waals surface area (Å²) in [5, 5.41) is 0.123. The number of nitrogens with one attached hydrogen (secondary N) is 1. The molecule has 2 aromatic heterocycles. The summed E-state index contributed by atoms with van der Waals surface area (Å²) in [5.74, 6) is -2.97. The van der Waals surface area contributed by atoms with Crippen LogP contribution in [0.2, 0.25) is 0 Å². The Kier molecular flexibility index (Phi) is 9.88. The molecule has 1 N–H and O–H groups in total. The third-order valence-corrected chi connectivity index (χ3v) is 7.94. The number of rotatable bonds is 10. The van der Waals surface area contributed by atoms with Crippen molar-refractivity contribution in [1.82, 2.24) is 15.3 Å². The van der Waals surface area contributed by atoms with Crippen LogP contribution in [-0.4, -0.2) is 55.5 Å². The fourth-order valence-electron chi connectivity index (χ4n) is 3.86. The lowest BCUT2D eigenvalue weighted by Crippen LogP contribution is -2.42. The molecular weight excluding hydrogens is 583 g/mol. The summed E-state index contributed by atoms with van der Waals surface area (Å²) in [7, 11) is -3.21. The zero-order valence-electron chi connectivity index (χ0n) is 22.7. The lowest BCUT2D eigenvalue weighted by molar-refractivity contribution is -0.150. The van der Waals surface area contributed by atoms with Gasteiger partial charge in [0.15, 0.2) is 16.5 Å². The predicted molar refractivity (Wildman–Crippen MR) is 140 cm³/mol. The number of sulfone groups is 1. The number of hydrogen-bond donors (Lipinski definition) is 1. The smallest absolute Gasteiger partial charge is 0.417 e. The van der Waals surface area contributed by atoms with Crippen LogP contribution in [0.4, 0.5) is 13.2 Å². The van der Waals surface area contributed by atoms with Gasteiger partial charge in [-0.25, -0.2) is 23.2 Å². The molecule has 0 bridgehead atoms. The topological polar surface area (TPSA) is 151 Å². The SMILES string of the molecule is COc1ccnc(C(=O)N[C@@H](C)C(=O)O[C@@H](C)[C@@H](c2ccccc2)S(=O)(=O)c2ccc(C(F)(F)F)cn2)c1OC(C)=O. The minimum absolute atomic E-state index is 0.0296. The molecule has 0 unspecified atom stereocenters. The highest BCUT2D eigenvalue weighted by atomic mass is 32.2. The Morgan fingerprint density at radius 2 is 1.64 bits per heavy atom. The molecule has 224 valence electrons. The van der Waals surface area contributed by atoms with E-state index < -0.39 is 61.8 Å². The number of esters is 2. The molecule has 0 aliphatic rings. The first kappa shape index (κ1) is 32.0. The van der Waals surface area contributed by atoms with E-state index in [1.165, 1.54) is 57.5 Å². The first-order chi connectivity index (χ1) is 19.7. The summed E-state index contributed by atoms with van der Waals surface area (Å²) in [4.78, 5) is 44.8. The number of ether oxygens (including phenoxy) is 3. The van der Waals surface area contributed by atoms with E-state index in [1.807, 2.05) is 0 Å². The van der Waals surface area contributed by atoms with Crippen LogP contribution in [0.25, 0.3) is 0 Å². The lowest BCUT2D eigenvalue weighted by Gasteiger charge is -2.26. The van der Waals surface area contributed by atoms with Gasteiger partial charge in [0.25, 0.3) is 5.91 Å². The fraction of sp³-hybridized carbons (Fsp3) is 0.296. The Labute approximate surface area is 238 Å². The van der Waals surface area contributed by atoms with E-state index in [4.69, 9.17) is 14.2 Å². The van der Waals surface area contributed by atoms with Gasteiger partial charge in [-0.05, 0) is 31.5 Å². The van der Waals surface area contributed by atoms with Crippen molar-refractivity contribution < 1.29 is 50.2 Å². The molecule has 3 atom stereocenters. The molecule has 0 spiro atoms. The summed E-state index contributed by atoms with van der Waals surface area (Å²) in [6.45, 7) is 3.66. The number of halogens is 3. The van der Waals surface area contributed by atoms with E-state index in [0.29, 0.717) is 12.3 Å². The first-order valence-corrected chi connectivity index (χ1v) is 13.8. The van der Waals surface area contributed by atoms with Crippen LogP contribution in [-0.2, 0) is 30.3 Å². The minimum atomic E-state index is -4.73. The number of hydrogen-bond acceptors (Lipinski definition) is 10. The molecule has 2 heterocycles. The Bertz CT molecular complexity index is 1550. The average molecular weight is 610 g/mol. The molecule has 0 aliphatic carbocycles. The van der Waals surface area contributed by atoms with E-state index in [1.54, 1.807) is 6.07 Å². The summed E-state index contributed by atoms with van der Waals surface area (Å²) >= 11 is 0. The summed E-state index contributed by atoms with van der Waals surface area (Å²) in [6.07, 6.45) is -4.49. The molecular formula is C27H26F3N3O8S. The third-order valence-electron chi connectivity index (χ3n) is 5.80. The van der Waals surface area contributed by atoms with Gasteiger partial charge in [0.05, 0.1) is 12.7 Å². The number of pyridine rings is 2. The van der Waals surface area contributed by atoms with E-state index in [-0.39, 0.29) is 22.8 Å². The maximum atomic E-state index is 13.6. The van der Waals surface area contributed by atoms with Crippen LogP contribution in [0.1, 0.15) is 47.6 Å². The monoisotopic (exact) mass is 609 g/mol. The number of carbonyl (C=O) groups excluding carboxylic acids is 3. The molecule has 11 nitrogen and oxygen atoms in total. The van der Waals surface area contributed by atoms with Crippen molar-refractivity contribution in [3.8, 4) is 11.5 Å². The molecule has 42 heavy (non-hydrogen) atoms. The maximum absolute atomic E-state index is 13.6. The number of carbonyl (C=O) groups is 3. The highest BCUT2D eigenvalue weighted by Crippen LogP contribution is 2.35. The number of alkyl halides is 3. The normalized spacial score (nSPS) is 13.8. The summed E-state index contributed by atoms with van der Waals surface area (Å²) < 4.78 is 81.7. The molecule has 3 aromatic rings. The van der Waals surface area contributed by atoms with Crippen molar-refractivity contribution >= 4 is 27.7 Å². The van der Waals surface area contributed by atoms with Gasteiger partial charge in [-0.1, -0.05) is 30.3 Å². The van der Waals surface area contributed by atoms with Crippen molar-refractivity contribution in [2.24, 2.45) is 0 Å². The lowest BCUT2D eigenvalue weighted by atomic mass is 10.1. The van der Waals surface area contributed by atoms with Crippen molar-refractivity contribution in [2.75, 3.05) is 7.11 Å². The second kappa shape index (κ2) is 13.0. The zero-order chi connectivity index (χ0) is 31.2. The fourth-order valence-corrected chi connectivity index (χ4v) is 5.65. The minimum Gasteiger partial charge on any atom is -0.493 e. The molecule has 0 radical (unpaired) electrons. The van der Waals surface area contributed by atoms with Gasteiger partial charge >= 0.3 is 18.1 Å². The van der Waals surface area contributed by atoms with Crippen LogP contribution in [0.15, 0.2) is 66.0 Å². The average Bonchev–Trinajstić information content (AvgIpc) is 2.92. The zero-order valence-corrected chi connectivity index (χ0v) is 23.5. The third kappa shape index (κ3) is 7.40. The maximum Gasteiger partial charge on any atom is 0.417 e. The van der Waals surface area contributed by atoms with Crippen LogP contribution >= 0.6 is 0 Å². The number of methoxy groups -OCH3 is 1. The highest BCUT2D eigenvalue weighted by Gasteiger charge is 2.39. The molecule has 3 rings (SSSR count). The molecule has 15 heteroatoms. The number of nitrogens with zero attached hydrogens (tertiary/aromatic N) is 2. The Morgan fingerprint density at radius 3 is 2.19 bits per heavy atom. The van der Waals surface area contributed by atoms with Gasteiger partial charge in [-0.3, -0.25) is 9.59 Å². The van der Waals surface area contributed by atoms with Crippen LogP contribution in [0.3, 0.4) is 0 Å². The largest absolute Gasteiger partial charge is 0.493 e. The Morgan fingerprint density at radius 1 is 0.976 bits per heavy atom. The molecule has 0 saturated carbocycles. The van der Waals surface area contributed by atoms with Gasteiger partial charge in [-0.2, -0.15) is 13.2 Å².